The Hall–Kier alpha value is -4.08. The van der Waals surface area contributed by atoms with Crippen LogP contribution in [0, 0.1) is 5.82 Å². The summed E-state index contributed by atoms with van der Waals surface area (Å²) in [6, 6.07) is 10.5. The Kier molecular flexibility index (Phi) is 7.31. The third kappa shape index (κ3) is 4.88. The summed E-state index contributed by atoms with van der Waals surface area (Å²) in [4.78, 5) is 44.5. The predicted octanol–water partition coefficient (Wildman–Crippen LogP) is 2.35. The van der Waals surface area contributed by atoms with Crippen molar-refractivity contribution >= 4 is 24.1 Å². The van der Waals surface area contributed by atoms with Crippen LogP contribution in [0.1, 0.15) is 34.6 Å². The van der Waals surface area contributed by atoms with Crippen molar-refractivity contribution in [2.24, 2.45) is 5.10 Å². The van der Waals surface area contributed by atoms with Gasteiger partial charge in [-0.25, -0.2) is 9.18 Å². The number of halogens is 4. The first-order valence-corrected chi connectivity index (χ1v) is 16.1. The van der Waals surface area contributed by atoms with E-state index in [0.717, 1.165) is 56.1 Å². The lowest BCUT2D eigenvalue weighted by molar-refractivity contribution is -0.302. The van der Waals surface area contributed by atoms with Gasteiger partial charge in [0.25, 0.3) is 5.91 Å². The van der Waals surface area contributed by atoms with E-state index in [4.69, 9.17) is 9.47 Å². The van der Waals surface area contributed by atoms with E-state index in [0.29, 0.717) is 33.9 Å². The zero-order valence-corrected chi connectivity index (χ0v) is 25.9. The maximum absolute atomic E-state index is 14.4. The second-order valence-corrected chi connectivity index (χ2v) is 13.6. The molecule has 15 heteroatoms. The van der Waals surface area contributed by atoms with Crippen molar-refractivity contribution in [3.05, 3.63) is 70.5 Å². The number of aryl methyl sites for hydroxylation is 1. The molecule has 4 saturated heterocycles. The van der Waals surface area contributed by atoms with Gasteiger partial charge in [0.15, 0.2) is 5.54 Å². The molecule has 4 amide bonds. The van der Waals surface area contributed by atoms with Crippen LogP contribution < -0.4 is 5.32 Å². The first-order valence-electron chi connectivity index (χ1n) is 16.1. The molecule has 6 aliphatic rings. The number of carbonyl (C=O) groups is 3. The van der Waals surface area contributed by atoms with E-state index >= 15 is 0 Å². The van der Waals surface area contributed by atoms with E-state index < -0.39 is 67.2 Å². The molecule has 0 radical (unpaired) electrons. The van der Waals surface area contributed by atoms with E-state index in [1.54, 1.807) is 0 Å². The molecule has 1 spiro atoms. The topological polar surface area (TPSA) is 107 Å². The van der Waals surface area contributed by atoms with Crippen molar-refractivity contribution in [3.63, 3.8) is 0 Å². The zero-order chi connectivity index (χ0) is 33.4. The maximum atomic E-state index is 14.4. The van der Waals surface area contributed by atoms with E-state index in [1.165, 1.54) is 12.1 Å². The lowest BCUT2D eigenvalue weighted by Gasteiger charge is -2.50. The minimum atomic E-state index is -4.85. The summed E-state index contributed by atoms with van der Waals surface area (Å²) in [5, 5.41) is 9.56. The smallest absolute Gasteiger partial charge is 0.378 e. The molecule has 1 unspecified atom stereocenters. The van der Waals surface area contributed by atoms with E-state index in [9.17, 15) is 31.9 Å². The molecule has 0 aromatic heterocycles. The summed E-state index contributed by atoms with van der Waals surface area (Å²) in [6.45, 7) is 1.25. The van der Waals surface area contributed by atoms with Crippen molar-refractivity contribution in [2.45, 2.75) is 54.6 Å². The molecule has 2 aromatic rings. The number of hydrogen-bond acceptors (Lipinski definition) is 8. The minimum absolute atomic E-state index is 0.0689. The number of carbonyl (C=O) groups excluding carboxylic acids is 3. The van der Waals surface area contributed by atoms with E-state index in [2.05, 4.69) is 20.3 Å². The van der Waals surface area contributed by atoms with Gasteiger partial charge in [-0.05, 0) is 47.2 Å². The van der Waals surface area contributed by atoms with Crippen LogP contribution in [0.2, 0.25) is 0 Å². The number of amides is 4. The van der Waals surface area contributed by atoms with Gasteiger partial charge in [-0.1, -0.05) is 30.3 Å². The number of urea groups is 1. The highest BCUT2D eigenvalue weighted by atomic mass is 19.4. The quantitative estimate of drug-likeness (QED) is 0.340. The molecule has 48 heavy (non-hydrogen) atoms. The van der Waals surface area contributed by atoms with Gasteiger partial charge < -0.3 is 19.7 Å². The normalized spacial score (nSPS) is 26.8. The van der Waals surface area contributed by atoms with Gasteiger partial charge in [0.2, 0.25) is 5.91 Å². The number of hydrogen-bond donors (Lipinski definition) is 1. The Morgan fingerprint density at radius 1 is 1.02 bits per heavy atom. The highest BCUT2D eigenvalue weighted by molar-refractivity contribution is 6.10. The van der Waals surface area contributed by atoms with Crippen molar-refractivity contribution < 1.29 is 41.4 Å². The number of hydrazone groups is 1. The summed E-state index contributed by atoms with van der Waals surface area (Å²) in [6.07, 6.45) is -2.16. The largest absolute Gasteiger partial charge is 0.416 e. The Bertz CT molecular complexity index is 1670. The average Bonchev–Trinajstić information content (AvgIpc) is 3.66. The number of imide groups is 1. The van der Waals surface area contributed by atoms with Gasteiger partial charge >= 0.3 is 12.2 Å². The van der Waals surface area contributed by atoms with E-state index in [1.807, 2.05) is 24.4 Å². The van der Waals surface area contributed by atoms with Crippen LogP contribution in [0.25, 0.3) is 0 Å². The van der Waals surface area contributed by atoms with Crippen molar-refractivity contribution in [3.8, 4) is 0 Å². The molecular weight excluding hydrogens is 636 g/mol. The molecule has 1 aliphatic carbocycles. The van der Waals surface area contributed by atoms with Crippen molar-refractivity contribution in [1.82, 2.24) is 25.0 Å². The lowest BCUT2D eigenvalue weighted by Crippen LogP contribution is -2.72. The van der Waals surface area contributed by atoms with Crippen LogP contribution in [0.15, 0.2) is 47.6 Å². The molecule has 11 nitrogen and oxygen atoms in total. The lowest BCUT2D eigenvalue weighted by atomic mass is 9.89. The van der Waals surface area contributed by atoms with Gasteiger partial charge in [-0.15, -0.1) is 0 Å². The molecule has 2 aromatic carbocycles. The van der Waals surface area contributed by atoms with Crippen LogP contribution in [0.4, 0.5) is 22.4 Å². The summed E-state index contributed by atoms with van der Waals surface area (Å²) >= 11 is 0. The standard InChI is InChI=1S/C33H34F4N6O5/c34-24-4-1-20(2-5-24)11-42(31(18-48-19-31)33(35,36)37)28(44)15-41-29(45)32(39-30(41)46)8-7-22-9-21(3-6-27(22)32)23-10-38-43(12-23)25-13-40(14-25)26-16-47-17-26/h1-6,9-10,23,25-26H,7-8,11-19H2,(H,39,46)/t23?,32-/m0/s1. The SMILES string of the molecule is O=C1N[C@]2(CCc3cc(C4C=NN(C5CN(C6COC6)C5)C4)ccc32)C(=O)N1CC(=O)N(Cc1ccc(F)cc1)C1(C(F)(F)F)COC1. The van der Waals surface area contributed by atoms with Gasteiger partial charge in [-0.3, -0.25) is 24.4 Å². The number of alkyl halides is 3. The number of nitrogens with one attached hydrogen (secondary N) is 1. The van der Waals surface area contributed by atoms with Gasteiger partial charge in [-0.2, -0.15) is 18.3 Å². The minimum Gasteiger partial charge on any atom is -0.378 e. The van der Waals surface area contributed by atoms with E-state index in [-0.39, 0.29) is 17.9 Å². The van der Waals surface area contributed by atoms with Crippen LogP contribution in [0.3, 0.4) is 0 Å². The fourth-order valence-electron chi connectivity index (χ4n) is 7.59. The second-order valence-electron chi connectivity index (χ2n) is 13.6. The van der Waals surface area contributed by atoms with Gasteiger partial charge in [0.05, 0.1) is 38.5 Å². The first-order chi connectivity index (χ1) is 23.0. The summed E-state index contributed by atoms with van der Waals surface area (Å²) in [7, 11) is 0. The van der Waals surface area contributed by atoms with Gasteiger partial charge in [0.1, 0.15) is 17.9 Å². The highest BCUT2D eigenvalue weighted by Gasteiger charge is 2.65. The summed E-state index contributed by atoms with van der Waals surface area (Å²) in [5.41, 5.74) is -1.25. The molecule has 1 N–H and O–H groups in total. The molecule has 0 saturated carbocycles. The molecule has 5 heterocycles. The van der Waals surface area contributed by atoms with Crippen molar-refractivity contribution in [1.29, 1.82) is 0 Å². The molecule has 5 aliphatic heterocycles. The van der Waals surface area contributed by atoms with Crippen LogP contribution in [-0.4, -0.2) is 120 Å². The number of fused-ring (bicyclic) bond motifs is 2. The number of ether oxygens (including phenoxy) is 2. The average molecular weight is 671 g/mol. The molecule has 4 fully saturated rings. The van der Waals surface area contributed by atoms with Crippen LogP contribution in [0.5, 0.6) is 0 Å². The molecule has 2 atom stereocenters. The Morgan fingerprint density at radius 2 is 1.77 bits per heavy atom. The summed E-state index contributed by atoms with van der Waals surface area (Å²) < 4.78 is 66.9. The highest BCUT2D eigenvalue weighted by Crippen LogP contribution is 2.44. The number of nitrogens with zero attached hydrogens (tertiary/aromatic N) is 5. The van der Waals surface area contributed by atoms with Crippen LogP contribution >= 0.6 is 0 Å². The monoisotopic (exact) mass is 670 g/mol. The number of rotatable bonds is 8. The third-order valence-electron chi connectivity index (χ3n) is 10.8. The Morgan fingerprint density at radius 3 is 2.42 bits per heavy atom. The maximum Gasteiger partial charge on any atom is 0.416 e. The third-order valence-corrected chi connectivity index (χ3v) is 10.8. The number of likely N-dealkylation sites (tertiary alicyclic amines) is 1. The fraction of sp³-hybridized carbons (Fsp3) is 0.515. The number of benzene rings is 2. The van der Waals surface area contributed by atoms with Gasteiger partial charge in [0, 0.05) is 38.3 Å². The Balaban J connectivity index is 0.972. The summed E-state index contributed by atoms with van der Waals surface area (Å²) in [5.74, 6) is -2.27. The molecule has 8 rings (SSSR count). The van der Waals surface area contributed by atoms with Crippen molar-refractivity contribution in [2.75, 3.05) is 52.6 Å². The van der Waals surface area contributed by atoms with Crippen LogP contribution in [-0.2, 0) is 37.6 Å². The molecular formula is C33H34F4N6O5. The first kappa shape index (κ1) is 31.2. The second kappa shape index (κ2) is 11.2. The molecule has 254 valence electrons. The fourth-order valence-corrected chi connectivity index (χ4v) is 7.59. The Labute approximate surface area is 273 Å². The zero-order valence-electron chi connectivity index (χ0n) is 25.9. The molecule has 0 bridgehead atoms. The predicted molar refractivity (Wildman–Crippen MR) is 161 cm³/mol.